The third kappa shape index (κ3) is 1.52. The Morgan fingerprint density at radius 2 is 1.73 bits per heavy atom. The minimum Gasteiger partial charge on any atom is -0.391 e. The molecule has 4 N–H and O–H groups in total. The molecule has 1 saturated heterocycles. The molecule has 5 atom stereocenters. The van der Waals surface area contributed by atoms with Gasteiger partial charge >= 0.3 is 0 Å². The molecule has 1 heterocycles. The number of rotatable bonds is 1. The average Bonchev–Trinajstić information content (AvgIpc) is 2.17. The molecule has 2 unspecified atom stereocenters. The summed E-state index contributed by atoms with van der Waals surface area (Å²) in [5, 5.41) is 35.8. The Kier molecular flexibility index (Phi) is 2.46. The zero-order chi connectivity index (χ0) is 8.59. The van der Waals surface area contributed by atoms with Crippen LogP contribution in [0.3, 0.4) is 0 Å². The molecule has 0 saturated carbocycles. The van der Waals surface area contributed by atoms with Gasteiger partial charge < -0.3 is 25.2 Å². The molecule has 0 radical (unpaired) electrons. The molecule has 0 amide bonds. The van der Waals surface area contributed by atoms with Crippen molar-refractivity contribution in [2.24, 2.45) is 0 Å². The van der Waals surface area contributed by atoms with Crippen molar-refractivity contribution >= 4 is 0 Å². The van der Waals surface area contributed by atoms with Gasteiger partial charge in [-0.1, -0.05) is 0 Å². The van der Waals surface area contributed by atoms with E-state index in [4.69, 9.17) is 20.4 Å². The average molecular weight is 164 g/mol. The van der Waals surface area contributed by atoms with E-state index in [-0.39, 0.29) is 0 Å². The van der Waals surface area contributed by atoms with Crippen molar-refractivity contribution in [3.63, 3.8) is 0 Å². The summed E-state index contributed by atoms with van der Waals surface area (Å²) in [4.78, 5) is 0. The highest BCUT2D eigenvalue weighted by molar-refractivity contribution is 4.88. The number of hydrogen-bond donors (Lipinski definition) is 4. The lowest BCUT2D eigenvalue weighted by Gasteiger charge is -2.16. The summed E-state index contributed by atoms with van der Waals surface area (Å²) in [6, 6.07) is 0. The molecule has 0 aromatic heterocycles. The molecule has 5 nitrogen and oxygen atoms in total. The summed E-state index contributed by atoms with van der Waals surface area (Å²) < 4.78 is 4.65. The van der Waals surface area contributed by atoms with Crippen LogP contribution in [0.25, 0.3) is 0 Å². The molecule has 1 rings (SSSR count). The normalized spacial score (nSPS) is 47.7. The minimum atomic E-state index is -1.40. The van der Waals surface area contributed by atoms with Crippen LogP contribution in [0.2, 0.25) is 0 Å². The van der Waals surface area contributed by atoms with Crippen LogP contribution in [0, 0.1) is 0 Å². The summed E-state index contributed by atoms with van der Waals surface area (Å²) >= 11 is 0. The Bertz CT molecular complexity index is 137. The second-order valence-corrected chi connectivity index (χ2v) is 2.71. The van der Waals surface area contributed by atoms with Crippen LogP contribution in [0.4, 0.5) is 0 Å². The zero-order valence-corrected chi connectivity index (χ0v) is 6.08. The molecule has 1 aliphatic rings. The van der Waals surface area contributed by atoms with Crippen LogP contribution in [0.1, 0.15) is 6.92 Å². The Morgan fingerprint density at radius 1 is 1.18 bits per heavy atom. The summed E-state index contributed by atoms with van der Waals surface area (Å²) in [6.45, 7) is 1.42. The first-order valence-corrected chi connectivity index (χ1v) is 3.41. The number of ether oxygens (including phenoxy) is 1. The monoisotopic (exact) mass is 164 g/mol. The van der Waals surface area contributed by atoms with Crippen molar-refractivity contribution in [2.75, 3.05) is 0 Å². The van der Waals surface area contributed by atoms with Gasteiger partial charge in [-0.05, 0) is 6.92 Å². The van der Waals surface area contributed by atoms with Gasteiger partial charge in [-0.25, -0.2) is 0 Å². The maximum atomic E-state index is 9.10. The van der Waals surface area contributed by atoms with E-state index in [9.17, 15) is 0 Å². The van der Waals surface area contributed by atoms with Gasteiger partial charge in [-0.15, -0.1) is 0 Å². The first-order chi connectivity index (χ1) is 5.04. The van der Waals surface area contributed by atoms with Crippen molar-refractivity contribution in [1.82, 2.24) is 0 Å². The van der Waals surface area contributed by atoms with Crippen LogP contribution in [-0.4, -0.2) is 51.1 Å². The molecule has 66 valence electrons. The molecule has 0 aliphatic carbocycles. The van der Waals surface area contributed by atoms with Crippen molar-refractivity contribution in [2.45, 2.75) is 37.6 Å². The van der Waals surface area contributed by atoms with Gasteiger partial charge in [0.2, 0.25) is 0 Å². The van der Waals surface area contributed by atoms with Gasteiger partial charge in [0.05, 0.1) is 6.10 Å². The summed E-state index contributed by atoms with van der Waals surface area (Å²) in [5.74, 6) is 0. The quantitative estimate of drug-likeness (QED) is 0.353. The summed E-state index contributed by atoms with van der Waals surface area (Å²) in [5.41, 5.74) is 0. The fourth-order valence-electron chi connectivity index (χ4n) is 1.08. The van der Waals surface area contributed by atoms with E-state index in [2.05, 4.69) is 4.74 Å². The zero-order valence-electron chi connectivity index (χ0n) is 6.08. The standard InChI is InChI=1S/C6H12O5/c1-2(7)5-3(8)4(9)6(10)11-5/h2-10H,1H3/t2?,3-,4+,5+,6?/m0/s1. The van der Waals surface area contributed by atoms with Crippen molar-refractivity contribution in [3.05, 3.63) is 0 Å². The van der Waals surface area contributed by atoms with Gasteiger partial charge in [0.25, 0.3) is 0 Å². The second-order valence-electron chi connectivity index (χ2n) is 2.71. The first-order valence-electron chi connectivity index (χ1n) is 3.41. The Morgan fingerprint density at radius 3 is 1.91 bits per heavy atom. The van der Waals surface area contributed by atoms with Gasteiger partial charge in [0.15, 0.2) is 6.29 Å². The van der Waals surface area contributed by atoms with Crippen LogP contribution >= 0.6 is 0 Å². The fourth-order valence-corrected chi connectivity index (χ4v) is 1.08. The third-order valence-electron chi connectivity index (χ3n) is 1.75. The number of aliphatic hydroxyl groups excluding tert-OH is 4. The van der Waals surface area contributed by atoms with Gasteiger partial charge in [0.1, 0.15) is 18.3 Å². The predicted molar refractivity (Wildman–Crippen MR) is 34.6 cm³/mol. The molecule has 1 aliphatic heterocycles. The molecular weight excluding hydrogens is 152 g/mol. The molecule has 11 heavy (non-hydrogen) atoms. The van der Waals surface area contributed by atoms with Crippen LogP contribution in [-0.2, 0) is 4.74 Å². The highest BCUT2D eigenvalue weighted by atomic mass is 16.6. The lowest BCUT2D eigenvalue weighted by molar-refractivity contribution is -0.143. The lowest BCUT2D eigenvalue weighted by atomic mass is 10.1. The topological polar surface area (TPSA) is 90.2 Å². The number of aliphatic hydroxyl groups is 4. The van der Waals surface area contributed by atoms with E-state index < -0.39 is 30.7 Å². The number of hydrogen-bond acceptors (Lipinski definition) is 5. The lowest BCUT2D eigenvalue weighted by Crippen LogP contribution is -2.37. The van der Waals surface area contributed by atoms with E-state index in [0.717, 1.165) is 0 Å². The molecule has 5 heteroatoms. The Balaban J connectivity index is 2.59. The molecule has 1 fully saturated rings. The summed E-state index contributed by atoms with van der Waals surface area (Å²) in [7, 11) is 0. The van der Waals surface area contributed by atoms with Crippen molar-refractivity contribution < 1.29 is 25.2 Å². The highest BCUT2D eigenvalue weighted by Crippen LogP contribution is 2.21. The highest BCUT2D eigenvalue weighted by Gasteiger charge is 2.43. The second kappa shape index (κ2) is 3.04. The molecule has 0 bridgehead atoms. The van der Waals surface area contributed by atoms with Crippen LogP contribution < -0.4 is 0 Å². The molecular formula is C6H12O5. The van der Waals surface area contributed by atoms with Gasteiger partial charge in [-0.3, -0.25) is 0 Å². The van der Waals surface area contributed by atoms with Crippen LogP contribution in [0.5, 0.6) is 0 Å². The predicted octanol–water partition coefficient (Wildman–Crippen LogP) is -2.19. The van der Waals surface area contributed by atoms with Crippen molar-refractivity contribution in [1.29, 1.82) is 0 Å². The van der Waals surface area contributed by atoms with Gasteiger partial charge in [-0.2, -0.15) is 0 Å². The van der Waals surface area contributed by atoms with E-state index in [1.807, 2.05) is 0 Å². The molecule has 0 aromatic carbocycles. The first kappa shape index (κ1) is 8.89. The van der Waals surface area contributed by atoms with E-state index in [0.29, 0.717) is 0 Å². The largest absolute Gasteiger partial charge is 0.391 e. The van der Waals surface area contributed by atoms with E-state index >= 15 is 0 Å². The smallest absolute Gasteiger partial charge is 0.184 e. The third-order valence-corrected chi connectivity index (χ3v) is 1.75. The summed E-state index contributed by atoms with van der Waals surface area (Å²) in [6.07, 6.45) is -5.75. The Labute approximate surface area is 63.8 Å². The minimum absolute atomic E-state index is 0.903. The fraction of sp³-hybridized carbons (Fsp3) is 1.00. The SMILES string of the molecule is CC(O)[C@H]1OC(O)[C@H](O)[C@@H]1O. The Hall–Kier alpha value is -0.200. The van der Waals surface area contributed by atoms with Crippen molar-refractivity contribution in [3.8, 4) is 0 Å². The molecule has 0 aromatic rings. The van der Waals surface area contributed by atoms with E-state index in [1.54, 1.807) is 0 Å². The molecule has 0 spiro atoms. The van der Waals surface area contributed by atoms with E-state index in [1.165, 1.54) is 6.92 Å². The maximum absolute atomic E-state index is 9.10. The van der Waals surface area contributed by atoms with Crippen LogP contribution in [0.15, 0.2) is 0 Å². The van der Waals surface area contributed by atoms with Gasteiger partial charge in [0, 0.05) is 0 Å². The maximum Gasteiger partial charge on any atom is 0.184 e.